The van der Waals surface area contributed by atoms with Crippen molar-refractivity contribution in [1.29, 1.82) is 0 Å². The topological polar surface area (TPSA) is 41.6 Å². The van der Waals surface area contributed by atoms with E-state index >= 15 is 0 Å². The Balaban J connectivity index is 1.46. The van der Waals surface area contributed by atoms with Crippen molar-refractivity contribution < 1.29 is 9.53 Å². The van der Waals surface area contributed by atoms with Crippen molar-refractivity contribution in [1.82, 2.24) is 10.2 Å². The Bertz CT molecular complexity index is 552. The summed E-state index contributed by atoms with van der Waals surface area (Å²) in [5.41, 5.74) is 3.79. The maximum atomic E-state index is 12.3. The van der Waals surface area contributed by atoms with Gasteiger partial charge in [-0.1, -0.05) is 29.3 Å². The van der Waals surface area contributed by atoms with Crippen LogP contribution in [0.1, 0.15) is 36.5 Å². The zero-order valence-electron chi connectivity index (χ0n) is 14.5. The van der Waals surface area contributed by atoms with Gasteiger partial charge in [0.05, 0.1) is 12.7 Å². The van der Waals surface area contributed by atoms with Crippen LogP contribution in [-0.4, -0.2) is 48.7 Å². The molecule has 3 rings (SSSR count). The first kappa shape index (κ1) is 16.5. The number of aryl methyl sites for hydroxylation is 3. The minimum absolute atomic E-state index is 0.169. The van der Waals surface area contributed by atoms with Gasteiger partial charge in [0, 0.05) is 31.6 Å². The summed E-state index contributed by atoms with van der Waals surface area (Å²) in [6.07, 6.45) is 2.71. The van der Waals surface area contributed by atoms with E-state index in [4.69, 9.17) is 4.74 Å². The lowest BCUT2D eigenvalue weighted by molar-refractivity contribution is -0.121. The molecular formula is C19H28N2O2. The zero-order chi connectivity index (χ0) is 16.4. The third-order valence-electron chi connectivity index (χ3n) is 4.88. The monoisotopic (exact) mass is 316 g/mol. The number of amides is 1. The number of benzene rings is 1. The number of morpholine rings is 1. The summed E-state index contributed by atoms with van der Waals surface area (Å²) >= 11 is 0. The number of nitrogens with one attached hydrogen (secondary N) is 1. The highest BCUT2D eigenvalue weighted by Gasteiger charge is 2.36. The largest absolute Gasteiger partial charge is 0.376 e. The molecule has 3 atom stereocenters. The molecule has 2 heterocycles. The standard InChI is InChI=1S/C19H28N2O2/c1-13-6-14(2)8-16(7-13)4-5-19(22)20-17-9-18-12-23-15(3)10-21(18)11-17/h6-8,15,17-18H,4-5,9-12H2,1-3H3,(H,20,22)/t15-,17+,18+/m1/s1. The maximum Gasteiger partial charge on any atom is 0.220 e. The smallest absolute Gasteiger partial charge is 0.220 e. The van der Waals surface area contributed by atoms with Crippen LogP contribution in [0.5, 0.6) is 0 Å². The second-order valence-corrected chi connectivity index (χ2v) is 7.25. The fourth-order valence-corrected chi connectivity index (χ4v) is 3.92. The van der Waals surface area contributed by atoms with E-state index in [0.717, 1.165) is 32.5 Å². The van der Waals surface area contributed by atoms with Gasteiger partial charge >= 0.3 is 0 Å². The number of fused-ring (bicyclic) bond motifs is 1. The van der Waals surface area contributed by atoms with E-state index in [9.17, 15) is 4.79 Å². The lowest BCUT2D eigenvalue weighted by atomic mass is 10.0. The van der Waals surface area contributed by atoms with Crippen LogP contribution in [0.4, 0.5) is 0 Å². The van der Waals surface area contributed by atoms with Gasteiger partial charge in [0.2, 0.25) is 5.91 Å². The maximum absolute atomic E-state index is 12.3. The summed E-state index contributed by atoms with van der Waals surface area (Å²) < 4.78 is 5.72. The molecule has 1 amide bonds. The Morgan fingerprint density at radius 1 is 1.26 bits per heavy atom. The van der Waals surface area contributed by atoms with Crippen LogP contribution in [0, 0.1) is 13.8 Å². The summed E-state index contributed by atoms with van der Waals surface area (Å²) in [7, 11) is 0. The molecule has 0 aromatic heterocycles. The summed E-state index contributed by atoms with van der Waals surface area (Å²) in [5, 5.41) is 3.21. The van der Waals surface area contributed by atoms with Crippen LogP contribution >= 0.6 is 0 Å². The highest BCUT2D eigenvalue weighted by Crippen LogP contribution is 2.23. The second-order valence-electron chi connectivity index (χ2n) is 7.25. The SMILES string of the molecule is Cc1cc(C)cc(CCC(=O)N[C@H]2C[C@H]3CO[C@H](C)CN3C2)c1. The van der Waals surface area contributed by atoms with Crippen molar-refractivity contribution >= 4 is 5.91 Å². The minimum Gasteiger partial charge on any atom is -0.376 e. The van der Waals surface area contributed by atoms with Crippen LogP contribution in [0.15, 0.2) is 18.2 Å². The molecule has 1 N–H and O–H groups in total. The molecule has 1 aromatic carbocycles. The summed E-state index contributed by atoms with van der Waals surface area (Å²) in [4.78, 5) is 14.7. The predicted molar refractivity (Wildman–Crippen MR) is 91.6 cm³/mol. The molecule has 2 fully saturated rings. The van der Waals surface area contributed by atoms with Crippen LogP contribution in [0.3, 0.4) is 0 Å². The Morgan fingerprint density at radius 3 is 2.74 bits per heavy atom. The van der Waals surface area contributed by atoms with Crippen LogP contribution in [0.25, 0.3) is 0 Å². The van der Waals surface area contributed by atoms with Crippen molar-refractivity contribution in [2.24, 2.45) is 0 Å². The minimum atomic E-state index is 0.169. The van der Waals surface area contributed by atoms with Gasteiger partial charge in [-0.3, -0.25) is 9.69 Å². The van der Waals surface area contributed by atoms with Gasteiger partial charge in [0.1, 0.15) is 0 Å². The van der Waals surface area contributed by atoms with Gasteiger partial charge in [-0.25, -0.2) is 0 Å². The van der Waals surface area contributed by atoms with Crippen molar-refractivity contribution in [3.63, 3.8) is 0 Å². The fourth-order valence-electron chi connectivity index (χ4n) is 3.92. The molecule has 1 aromatic rings. The van der Waals surface area contributed by atoms with E-state index < -0.39 is 0 Å². The molecule has 0 saturated carbocycles. The molecule has 0 spiro atoms. The number of carbonyl (C=O) groups is 1. The zero-order valence-corrected chi connectivity index (χ0v) is 14.5. The molecule has 4 nitrogen and oxygen atoms in total. The van der Waals surface area contributed by atoms with Gasteiger partial charge < -0.3 is 10.1 Å². The van der Waals surface area contributed by atoms with Crippen molar-refractivity contribution in [2.75, 3.05) is 19.7 Å². The molecular weight excluding hydrogens is 288 g/mol. The fraction of sp³-hybridized carbons (Fsp3) is 0.632. The lowest BCUT2D eigenvalue weighted by Gasteiger charge is -2.33. The molecule has 2 aliphatic rings. The average Bonchev–Trinajstić information content (AvgIpc) is 2.85. The number of carbonyl (C=O) groups excluding carboxylic acids is 1. The Morgan fingerprint density at radius 2 is 2.00 bits per heavy atom. The second kappa shape index (κ2) is 7.02. The van der Waals surface area contributed by atoms with E-state index in [0.29, 0.717) is 18.6 Å². The molecule has 23 heavy (non-hydrogen) atoms. The highest BCUT2D eigenvalue weighted by atomic mass is 16.5. The predicted octanol–water partition coefficient (Wildman–Crippen LogP) is 2.21. The molecule has 0 unspecified atom stereocenters. The van der Waals surface area contributed by atoms with Crippen LogP contribution in [0.2, 0.25) is 0 Å². The quantitative estimate of drug-likeness (QED) is 0.926. The molecule has 0 radical (unpaired) electrons. The van der Waals surface area contributed by atoms with E-state index in [1.165, 1.54) is 16.7 Å². The summed E-state index contributed by atoms with van der Waals surface area (Å²) in [6, 6.07) is 7.28. The van der Waals surface area contributed by atoms with E-state index in [2.05, 4.69) is 49.2 Å². The third-order valence-corrected chi connectivity index (χ3v) is 4.88. The highest BCUT2D eigenvalue weighted by molar-refractivity contribution is 5.76. The molecule has 0 aliphatic carbocycles. The average molecular weight is 316 g/mol. The first-order chi connectivity index (χ1) is 11.0. The van der Waals surface area contributed by atoms with Crippen molar-refractivity contribution in [3.05, 3.63) is 34.9 Å². The van der Waals surface area contributed by atoms with Gasteiger partial charge in [-0.2, -0.15) is 0 Å². The number of hydrogen-bond acceptors (Lipinski definition) is 3. The first-order valence-electron chi connectivity index (χ1n) is 8.72. The van der Waals surface area contributed by atoms with Crippen molar-refractivity contribution in [3.8, 4) is 0 Å². The molecule has 2 aliphatic heterocycles. The normalized spacial score (nSPS) is 27.7. The van der Waals surface area contributed by atoms with E-state index in [1.54, 1.807) is 0 Å². The van der Waals surface area contributed by atoms with E-state index in [-0.39, 0.29) is 11.9 Å². The number of hydrogen-bond donors (Lipinski definition) is 1. The van der Waals surface area contributed by atoms with Gasteiger partial charge in [-0.15, -0.1) is 0 Å². The van der Waals surface area contributed by atoms with Crippen molar-refractivity contribution in [2.45, 2.75) is 58.2 Å². The Labute approximate surface area is 139 Å². The summed E-state index contributed by atoms with van der Waals surface area (Å²) in [6.45, 7) is 9.08. The van der Waals surface area contributed by atoms with Gasteiger partial charge in [-0.05, 0) is 39.2 Å². The summed E-state index contributed by atoms with van der Waals surface area (Å²) in [5.74, 6) is 0.169. The number of ether oxygens (including phenoxy) is 1. The van der Waals surface area contributed by atoms with Gasteiger partial charge in [0.25, 0.3) is 0 Å². The van der Waals surface area contributed by atoms with Gasteiger partial charge in [0.15, 0.2) is 0 Å². The van der Waals surface area contributed by atoms with Crippen LogP contribution in [-0.2, 0) is 16.0 Å². The first-order valence-corrected chi connectivity index (χ1v) is 8.72. The Kier molecular flexibility index (Phi) is 5.02. The third kappa shape index (κ3) is 4.33. The number of nitrogens with zero attached hydrogens (tertiary/aromatic N) is 1. The lowest BCUT2D eigenvalue weighted by Crippen LogP contribution is -2.45. The number of rotatable bonds is 4. The Hall–Kier alpha value is -1.39. The molecule has 4 heteroatoms. The molecule has 2 saturated heterocycles. The molecule has 126 valence electrons. The molecule has 0 bridgehead atoms. The van der Waals surface area contributed by atoms with E-state index in [1.807, 2.05) is 0 Å². The van der Waals surface area contributed by atoms with Crippen LogP contribution < -0.4 is 5.32 Å².